The number of likely N-dealkylation sites (N-methyl/N-ethyl adjacent to an activating group) is 1. The molecule has 1 aliphatic rings. The zero-order chi connectivity index (χ0) is 13.8. The Kier molecular flexibility index (Phi) is 5.60. The van der Waals surface area contributed by atoms with Gasteiger partial charge < -0.3 is 5.32 Å². The van der Waals surface area contributed by atoms with Gasteiger partial charge in [0.2, 0.25) is 0 Å². The van der Waals surface area contributed by atoms with E-state index in [0.29, 0.717) is 6.04 Å². The number of aryl methyl sites for hydroxylation is 2. The highest BCUT2D eigenvalue weighted by molar-refractivity contribution is 7.99. The van der Waals surface area contributed by atoms with Crippen molar-refractivity contribution in [2.24, 2.45) is 5.92 Å². The molecule has 19 heavy (non-hydrogen) atoms. The maximum Gasteiger partial charge on any atom is 0.0850 e. The van der Waals surface area contributed by atoms with E-state index in [1.54, 1.807) is 0 Å². The first kappa shape index (κ1) is 15.2. The third-order valence-electron chi connectivity index (χ3n) is 4.01. The predicted octanol–water partition coefficient (Wildman–Crippen LogP) is 3.00. The summed E-state index contributed by atoms with van der Waals surface area (Å²) in [5, 5.41) is 8.98. The van der Waals surface area contributed by atoms with E-state index in [4.69, 9.17) is 11.6 Å². The molecular formula is C14H24ClN3S. The van der Waals surface area contributed by atoms with Crippen LogP contribution in [0, 0.1) is 5.92 Å². The van der Waals surface area contributed by atoms with Crippen molar-refractivity contribution in [2.45, 2.75) is 45.7 Å². The Labute approximate surface area is 125 Å². The van der Waals surface area contributed by atoms with Crippen LogP contribution in [-0.4, -0.2) is 34.4 Å². The van der Waals surface area contributed by atoms with Crippen LogP contribution in [0.5, 0.6) is 0 Å². The molecule has 2 rings (SSSR count). The van der Waals surface area contributed by atoms with Crippen molar-refractivity contribution in [1.82, 2.24) is 15.1 Å². The molecule has 3 nitrogen and oxygen atoms in total. The molecule has 5 heteroatoms. The highest BCUT2D eigenvalue weighted by Gasteiger charge is 2.27. The molecule has 2 heterocycles. The Hall–Kier alpha value is -0.190. The summed E-state index contributed by atoms with van der Waals surface area (Å²) in [6, 6.07) is 0.513. The molecule has 1 N–H and O–H groups in total. The molecule has 0 amide bonds. The number of rotatable bonds is 6. The zero-order valence-electron chi connectivity index (χ0n) is 12.1. The minimum absolute atomic E-state index is 0.513. The van der Waals surface area contributed by atoms with Crippen molar-refractivity contribution in [1.29, 1.82) is 0 Å². The van der Waals surface area contributed by atoms with Gasteiger partial charge in [-0.05, 0) is 44.2 Å². The molecule has 1 fully saturated rings. The van der Waals surface area contributed by atoms with E-state index < -0.39 is 0 Å². The lowest BCUT2D eigenvalue weighted by atomic mass is 9.95. The fourth-order valence-corrected chi connectivity index (χ4v) is 4.48. The quantitative estimate of drug-likeness (QED) is 0.876. The van der Waals surface area contributed by atoms with E-state index in [0.717, 1.165) is 36.0 Å². The van der Waals surface area contributed by atoms with E-state index >= 15 is 0 Å². The zero-order valence-corrected chi connectivity index (χ0v) is 13.7. The number of hydrogen-bond acceptors (Lipinski definition) is 3. The molecule has 0 bridgehead atoms. The minimum atomic E-state index is 0.513. The van der Waals surface area contributed by atoms with Crippen LogP contribution < -0.4 is 5.32 Å². The first-order valence-corrected chi connectivity index (χ1v) is 8.73. The molecule has 0 saturated carbocycles. The molecule has 108 valence electrons. The van der Waals surface area contributed by atoms with Crippen molar-refractivity contribution in [3.05, 3.63) is 16.4 Å². The average molecular weight is 302 g/mol. The van der Waals surface area contributed by atoms with Gasteiger partial charge >= 0.3 is 0 Å². The van der Waals surface area contributed by atoms with E-state index in [1.807, 2.05) is 0 Å². The Balaban J connectivity index is 2.18. The minimum Gasteiger partial charge on any atom is -0.316 e. The summed E-state index contributed by atoms with van der Waals surface area (Å²) in [6.45, 7) is 5.14. The summed E-state index contributed by atoms with van der Waals surface area (Å²) in [4.78, 5) is 0. The number of halogens is 1. The van der Waals surface area contributed by atoms with Crippen molar-refractivity contribution < 1.29 is 0 Å². The molecular weight excluding hydrogens is 278 g/mol. The van der Waals surface area contributed by atoms with Crippen LogP contribution >= 0.6 is 23.4 Å². The van der Waals surface area contributed by atoms with Gasteiger partial charge in [0.05, 0.1) is 16.4 Å². The van der Waals surface area contributed by atoms with E-state index in [-0.39, 0.29) is 0 Å². The standard InChI is InChI=1S/C14H24ClN3S/c1-4-11-14(15)13(18(5-2)17-11)8-12(16-3)10-6-7-19-9-10/h10,12,16H,4-9H2,1-3H3. The summed E-state index contributed by atoms with van der Waals surface area (Å²) >= 11 is 8.56. The number of thioether (sulfide) groups is 1. The highest BCUT2D eigenvalue weighted by atomic mass is 35.5. The van der Waals surface area contributed by atoms with E-state index in [9.17, 15) is 0 Å². The predicted molar refractivity (Wildman–Crippen MR) is 84.3 cm³/mol. The van der Waals surface area contributed by atoms with E-state index in [2.05, 4.69) is 47.8 Å². The lowest BCUT2D eigenvalue weighted by molar-refractivity contribution is 0.394. The molecule has 1 aliphatic heterocycles. The van der Waals surface area contributed by atoms with Gasteiger partial charge in [-0.1, -0.05) is 18.5 Å². The Morgan fingerprint density at radius 3 is 2.84 bits per heavy atom. The third kappa shape index (κ3) is 3.29. The van der Waals surface area contributed by atoms with Crippen LogP contribution in [0.25, 0.3) is 0 Å². The van der Waals surface area contributed by atoms with Crippen LogP contribution in [-0.2, 0) is 19.4 Å². The second-order valence-corrected chi connectivity index (χ2v) is 6.63. The second kappa shape index (κ2) is 7.00. The Bertz CT molecular complexity index is 413. The maximum absolute atomic E-state index is 6.50. The van der Waals surface area contributed by atoms with Crippen molar-refractivity contribution in [3.63, 3.8) is 0 Å². The summed E-state index contributed by atoms with van der Waals surface area (Å²) in [7, 11) is 2.06. The lowest BCUT2D eigenvalue weighted by Crippen LogP contribution is -2.36. The molecule has 2 unspecified atom stereocenters. The summed E-state index contributed by atoms with van der Waals surface area (Å²) in [5.74, 6) is 3.32. The SMILES string of the molecule is CCc1nn(CC)c(CC(NC)C2CCSC2)c1Cl. The van der Waals surface area contributed by atoms with Gasteiger partial charge in [-0.25, -0.2) is 0 Å². The molecule has 0 radical (unpaired) electrons. The number of aromatic nitrogens is 2. The number of hydrogen-bond donors (Lipinski definition) is 1. The molecule has 0 aromatic carbocycles. The fraction of sp³-hybridized carbons (Fsp3) is 0.786. The summed E-state index contributed by atoms with van der Waals surface area (Å²) in [6.07, 6.45) is 3.21. The molecule has 1 aromatic rings. The molecule has 1 saturated heterocycles. The fourth-order valence-electron chi connectivity index (χ4n) is 2.80. The van der Waals surface area contributed by atoms with Gasteiger partial charge in [-0.2, -0.15) is 16.9 Å². The van der Waals surface area contributed by atoms with Crippen LogP contribution in [0.15, 0.2) is 0 Å². The smallest absolute Gasteiger partial charge is 0.0850 e. The molecule has 0 spiro atoms. The van der Waals surface area contributed by atoms with Gasteiger partial charge in [-0.3, -0.25) is 4.68 Å². The summed E-state index contributed by atoms with van der Waals surface area (Å²) in [5.41, 5.74) is 2.24. The van der Waals surface area contributed by atoms with Crippen LogP contribution in [0.1, 0.15) is 31.7 Å². The van der Waals surface area contributed by atoms with Crippen LogP contribution in [0.3, 0.4) is 0 Å². The first-order chi connectivity index (χ1) is 9.21. The van der Waals surface area contributed by atoms with Crippen molar-refractivity contribution >= 4 is 23.4 Å². The monoisotopic (exact) mass is 301 g/mol. The Morgan fingerprint density at radius 1 is 1.53 bits per heavy atom. The van der Waals surface area contributed by atoms with Gasteiger partial charge in [-0.15, -0.1) is 0 Å². The topological polar surface area (TPSA) is 29.9 Å². The maximum atomic E-state index is 6.50. The van der Waals surface area contributed by atoms with Crippen LogP contribution in [0.2, 0.25) is 5.02 Å². The Morgan fingerprint density at radius 2 is 2.32 bits per heavy atom. The highest BCUT2D eigenvalue weighted by Crippen LogP contribution is 2.30. The van der Waals surface area contributed by atoms with Crippen molar-refractivity contribution in [2.75, 3.05) is 18.6 Å². The number of nitrogens with one attached hydrogen (secondary N) is 1. The van der Waals surface area contributed by atoms with Crippen molar-refractivity contribution in [3.8, 4) is 0 Å². The van der Waals surface area contributed by atoms with Gasteiger partial charge in [0.25, 0.3) is 0 Å². The molecule has 0 aliphatic carbocycles. The first-order valence-electron chi connectivity index (χ1n) is 7.20. The van der Waals surface area contributed by atoms with Gasteiger partial charge in [0.1, 0.15) is 0 Å². The third-order valence-corrected chi connectivity index (χ3v) is 5.64. The van der Waals surface area contributed by atoms with E-state index in [1.165, 1.54) is 23.6 Å². The second-order valence-electron chi connectivity index (χ2n) is 5.10. The van der Waals surface area contributed by atoms with Gasteiger partial charge in [0.15, 0.2) is 0 Å². The number of nitrogens with zero attached hydrogens (tertiary/aromatic N) is 2. The van der Waals surface area contributed by atoms with Gasteiger partial charge in [0, 0.05) is 19.0 Å². The van der Waals surface area contributed by atoms with Crippen LogP contribution in [0.4, 0.5) is 0 Å². The lowest BCUT2D eigenvalue weighted by Gasteiger charge is -2.22. The average Bonchev–Trinajstić information content (AvgIpc) is 3.04. The normalized spacial score (nSPS) is 20.9. The molecule has 1 aromatic heterocycles. The molecule has 2 atom stereocenters. The largest absolute Gasteiger partial charge is 0.316 e. The summed E-state index contributed by atoms with van der Waals surface area (Å²) < 4.78 is 2.08.